The Morgan fingerprint density at radius 3 is 2.83 bits per heavy atom. The molecule has 4 rings (SSSR count). The summed E-state index contributed by atoms with van der Waals surface area (Å²) in [4.78, 5) is 31.9. The van der Waals surface area contributed by atoms with Crippen LogP contribution in [0.2, 0.25) is 0 Å². The topological polar surface area (TPSA) is 56.4 Å². The molecule has 2 aliphatic rings. The van der Waals surface area contributed by atoms with Crippen LogP contribution < -0.4 is 0 Å². The van der Waals surface area contributed by atoms with E-state index in [1.165, 1.54) is 4.90 Å². The second-order valence-corrected chi connectivity index (χ2v) is 6.69. The van der Waals surface area contributed by atoms with E-state index < -0.39 is 11.6 Å². The van der Waals surface area contributed by atoms with E-state index in [0.717, 1.165) is 22.2 Å². The number of carbonyl (C=O) groups excluding carboxylic acids is 2. The Labute approximate surface area is 134 Å². The summed E-state index contributed by atoms with van der Waals surface area (Å²) in [6.45, 7) is 7.90. The normalized spacial score (nSPS) is 22.4. The molecular formula is C18H19N3O2. The molecule has 1 saturated heterocycles. The first-order valence-electron chi connectivity index (χ1n) is 7.82. The van der Waals surface area contributed by atoms with Gasteiger partial charge in [0.2, 0.25) is 0 Å². The summed E-state index contributed by atoms with van der Waals surface area (Å²) in [6, 6.07) is 7.43. The Morgan fingerprint density at radius 2 is 2.09 bits per heavy atom. The van der Waals surface area contributed by atoms with Gasteiger partial charge in [0.1, 0.15) is 6.04 Å². The third-order valence-electron chi connectivity index (χ3n) is 5.04. The summed E-state index contributed by atoms with van der Waals surface area (Å²) in [5.41, 5.74) is 2.67. The predicted octanol–water partition coefficient (Wildman–Crippen LogP) is 2.78. The summed E-state index contributed by atoms with van der Waals surface area (Å²) in [7, 11) is 0. The minimum Gasteiger partial charge on any atom is -0.356 e. The lowest BCUT2D eigenvalue weighted by atomic mass is 9.85. The molecule has 0 spiro atoms. The minimum absolute atomic E-state index is 0.126. The van der Waals surface area contributed by atoms with Crippen molar-refractivity contribution in [1.82, 2.24) is 14.8 Å². The number of amides is 3. The average Bonchev–Trinajstić information content (AvgIpc) is 3.01. The number of nitrogens with zero attached hydrogens (tertiary/aromatic N) is 2. The Balaban J connectivity index is 1.90. The number of aromatic nitrogens is 1. The number of hydrogen-bond donors (Lipinski definition) is 1. The zero-order valence-corrected chi connectivity index (χ0v) is 13.3. The Hall–Kier alpha value is -2.56. The minimum atomic E-state index is -0.556. The third-order valence-corrected chi connectivity index (χ3v) is 5.04. The van der Waals surface area contributed by atoms with Crippen molar-refractivity contribution in [3.05, 3.63) is 48.2 Å². The van der Waals surface area contributed by atoms with E-state index in [1.54, 1.807) is 11.0 Å². The number of urea groups is 1. The van der Waals surface area contributed by atoms with Crippen molar-refractivity contribution in [2.45, 2.75) is 31.8 Å². The zero-order valence-electron chi connectivity index (χ0n) is 13.3. The Kier molecular flexibility index (Phi) is 2.73. The van der Waals surface area contributed by atoms with Crippen molar-refractivity contribution in [2.24, 2.45) is 0 Å². The molecule has 2 aliphatic heterocycles. The van der Waals surface area contributed by atoms with Crippen LogP contribution in [0.25, 0.3) is 10.9 Å². The van der Waals surface area contributed by atoms with Crippen molar-refractivity contribution in [2.75, 3.05) is 6.54 Å². The van der Waals surface area contributed by atoms with Gasteiger partial charge >= 0.3 is 6.03 Å². The number of fused-ring (bicyclic) bond motifs is 4. The number of imide groups is 1. The second kappa shape index (κ2) is 4.47. The van der Waals surface area contributed by atoms with Crippen LogP contribution in [0.4, 0.5) is 4.79 Å². The molecule has 0 unspecified atom stereocenters. The second-order valence-electron chi connectivity index (χ2n) is 6.69. The lowest BCUT2D eigenvalue weighted by molar-refractivity contribution is -0.128. The molecule has 0 aliphatic carbocycles. The highest BCUT2D eigenvalue weighted by molar-refractivity contribution is 6.06. The van der Waals surface area contributed by atoms with E-state index in [-0.39, 0.29) is 18.5 Å². The number of aromatic amines is 1. The maximum Gasteiger partial charge on any atom is 0.328 e. The van der Waals surface area contributed by atoms with Crippen LogP contribution in [0, 0.1) is 0 Å². The molecule has 1 N–H and O–H groups in total. The van der Waals surface area contributed by atoms with Crippen LogP contribution in [-0.4, -0.2) is 39.3 Å². The van der Waals surface area contributed by atoms with Crippen LogP contribution in [0.1, 0.15) is 25.1 Å². The summed E-state index contributed by atoms with van der Waals surface area (Å²) in [5, 5.41) is 1.14. The molecule has 23 heavy (non-hydrogen) atoms. The quantitative estimate of drug-likeness (QED) is 0.685. The van der Waals surface area contributed by atoms with E-state index in [2.05, 4.69) is 17.6 Å². The van der Waals surface area contributed by atoms with Gasteiger partial charge in [0.05, 0.1) is 5.54 Å². The van der Waals surface area contributed by atoms with E-state index >= 15 is 0 Å². The molecule has 1 fully saturated rings. The van der Waals surface area contributed by atoms with Gasteiger partial charge in [-0.05, 0) is 25.5 Å². The maximum absolute atomic E-state index is 12.8. The summed E-state index contributed by atoms with van der Waals surface area (Å²) in [6.07, 6.45) is 2.15. The average molecular weight is 309 g/mol. The SMILES string of the molecule is C=CCN1C(=O)[C@@H]2Cc3c([nH]c4ccccc34)C(C)(C)N2C1=O. The monoisotopic (exact) mass is 309 g/mol. The highest BCUT2D eigenvalue weighted by Crippen LogP contribution is 2.44. The molecular weight excluding hydrogens is 290 g/mol. The zero-order chi connectivity index (χ0) is 16.4. The molecule has 5 heteroatoms. The first kappa shape index (κ1) is 14.1. The van der Waals surface area contributed by atoms with Crippen LogP contribution in [0.3, 0.4) is 0 Å². The van der Waals surface area contributed by atoms with Crippen LogP contribution in [0.5, 0.6) is 0 Å². The lowest BCUT2D eigenvalue weighted by Gasteiger charge is -2.42. The molecule has 3 amide bonds. The van der Waals surface area contributed by atoms with Gasteiger partial charge in [-0.2, -0.15) is 0 Å². The maximum atomic E-state index is 12.8. The molecule has 2 aromatic rings. The summed E-state index contributed by atoms with van der Waals surface area (Å²) in [5.74, 6) is -0.126. The summed E-state index contributed by atoms with van der Waals surface area (Å²) < 4.78 is 0. The van der Waals surface area contributed by atoms with Gasteiger partial charge in [0.25, 0.3) is 5.91 Å². The van der Waals surface area contributed by atoms with Crippen molar-refractivity contribution in [3.8, 4) is 0 Å². The molecule has 1 atom stereocenters. The van der Waals surface area contributed by atoms with Crippen molar-refractivity contribution >= 4 is 22.8 Å². The number of H-pyrrole nitrogens is 1. The van der Waals surface area contributed by atoms with E-state index in [4.69, 9.17) is 0 Å². The highest BCUT2D eigenvalue weighted by Gasteiger charge is 2.55. The smallest absolute Gasteiger partial charge is 0.328 e. The van der Waals surface area contributed by atoms with Gasteiger partial charge in [-0.1, -0.05) is 24.3 Å². The number of para-hydroxylation sites is 1. The molecule has 5 nitrogen and oxygen atoms in total. The molecule has 1 aromatic carbocycles. The van der Waals surface area contributed by atoms with Gasteiger partial charge in [-0.15, -0.1) is 6.58 Å². The Morgan fingerprint density at radius 1 is 1.35 bits per heavy atom. The molecule has 0 saturated carbocycles. The first-order valence-corrected chi connectivity index (χ1v) is 7.82. The largest absolute Gasteiger partial charge is 0.356 e. The van der Waals surface area contributed by atoms with Gasteiger partial charge in [-0.25, -0.2) is 4.79 Å². The van der Waals surface area contributed by atoms with Crippen LogP contribution in [-0.2, 0) is 16.8 Å². The van der Waals surface area contributed by atoms with E-state index in [1.807, 2.05) is 32.0 Å². The number of carbonyl (C=O) groups is 2. The number of benzene rings is 1. The van der Waals surface area contributed by atoms with Crippen molar-refractivity contribution in [1.29, 1.82) is 0 Å². The van der Waals surface area contributed by atoms with E-state index in [9.17, 15) is 9.59 Å². The molecule has 118 valence electrons. The molecule has 0 bridgehead atoms. The number of rotatable bonds is 2. The van der Waals surface area contributed by atoms with Gasteiger partial charge < -0.3 is 9.88 Å². The van der Waals surface area contributed by atoms with E-state index in [0.29, 0.717) is 6.42 Å². The van der Waals surface area contributed by atoms with Gasteiger partial charge in [0.15, 0.2) is 0 Å². The fraction of sp³-hybridized carbons (Fsp3) is 0.333. The molecule has 3 heterocycles. The fourth-order valence-corrected chi connectivity index (χ4v) is 4.00. The number of nitrogens with one attached hydrogen (secondary N) is 1. The lowest BCUT2D eigenvalue weighted by Crippen LogP contribution is -2.52. The fourth-order valence-electron chi connectivity index (χ4n) is 4.00. The van der Waals surface area contributed by atoms with Gasteiger partial charge in [0, 0.05) is 29.6 Å². The van der Waals surface area contributed by atoms with Gasteiger partial charge in [-0.3, -0.25) is 9.69 Å². The highest BCUT2D eigenvalue weighted by atomic mass is 16.2. The Bertz CT molecular complexity index is 849. The van der Waals surface area contributed by atoms with Crippen LogP contribution >= 0.6 is 0 Å². The molecule has 0 radical (unpaired) electrons. The first-order chi connectivity index (χ1) is 11.0. The summed E-state index contributed by atoms with van der Waals surface area (Å²) >= 11 is 0. The van der Waals surface area contributed by atoms with Crippen molar-refractivity contribution in [3.63, 3.8) is 0 Å². The van der Waals surface area contributed by atoms with Crippen molar-refractivity contribution < 1.29 is 9.59 Å². The number of hydrogen-bond acceptors (Lipinski definition) is 2. The predicted molar refractivity (Wildman–Crippen MR) is 88.0 cm³/mol. The standard InChI is InChI=1S/C18H19N3O2/c1-4-9-20-16(22)14-10-12-11-7-5-6-8-13(11)19-15(12)18(2,3)21(14)17(20)23/h4-8,14,19H,1,9-10H2,2-3H3/t14-/m0/s1. The molecule has 1 aromatic heterocycles. The van der Waals surface area contributed by atoms with Crippen LogP contribution in [0.15, 0.2) is 36.9 Å². The third kappa shape index (κ3) is 1.67.